The highest BCUT2D eigenvalue weighted by atomic mass is 19.1. The van der Waals surface area contributed by atoms with Gasteiger partial charge in [-0.2, -0.15) is 0 Å². The van der Waals surface area contributed by atoms with Gasteiger partial charge in [-0.15, -0.1) is 0 Å². The van der Waals surface area contributed by atoms with E-state index in [-0.39, 0.29) is 11.3 Å². The zero-order chi connectivity index (χ0) is 10.8. The second-order valence-corrected chi connectivity index (χ2v) is 4.28. The Labute approximate surface area is 89.3 Å². The van der Waals surface area contributed by atoms with Gasteiger partial charge in [0.25, 0.3) is 0 Å². The molecule has 1 aromatic carbocycles. The predicted molar refractivity (Wildman–Crippen MR) is 57.6 cm³/mol. The van der Waals surface area contributed by atoms with Gasteiger partial charge in [0.15, 0.2) is 5.78 Å². The fraction of sp³-hybridized carbons (Fsp3) is 0.462. The molecule has 0 saturated heterocycles. The standard InChI is InChI=1S/C13H15FO/c1-9(15)12-8-11(6-7-13(12)14)10-4-2-3-5-10/h6-8,10H,2-5H2,1H3. The minimum Gasteiger partial charge on any atom is -0.294 e. The molecule has 0 spiro atoms. The Hall–Kier alpha value is -1.18. The van der Waals surface area contributed by atoms with E-state index < -0.39 is 5.82 Å². The van der Waals surface area contributed by atoms with E-state index in [0.29, 0.717) is 5.92 Å². The van der Waals surface area contributed by atoms with Crippen LogP contribution in [0.15, 0.2) is 18.2 Å². The lowest BCUT2D eigenvalue weighted by atomic mass is 9.95. The van der Waals surface area contributed by atoms with E-state index in [9.17, 15) is 9.18 Å². The summed E-state index contributed by atoms with van der Waals surface area (Å²) < 4.78 is 13.3. The molecule has 80 valence electrons. The first kappa shape index (κ1) is 10.3. The Bertz CT molecular complexity index is 378. The number of ketones is 1. The van der Waals surface area contributed by atoms with Crippen LogP contribution in [0.25, 0.3) is 0 Å². The number of Topliss-reactive ketones (excluding diaryl/α,β-unsaturated/α-hetero) is 1. The Morgan fingerprint density at radius 1 is 1.33 bits per heavy atom. The van der Waals surface area contributed by atoms with E-state index in [2.05, 4.69) is 0 Å². The normalized spacial score (nSPS) is 16.9. The first-order chi connectivity index (χ1) is 7.18. The largest absolute Gasteiger partial charge is 0.294 e. The second-order valence-electron chi connectivity index (χ2n) is 4.28. The Kier molecular flexibility index (Phi) is 2.85. The molecule has 0 radical (unpaired) electrons. The fourth-order valence-electron chi connectivity index (χ4n) is 2.33. The van der Waals surface area contributed by atoms with E-state index in [1.54, 1.807) is 6.07 Å². The molecule has 15 heavy (non-hydrogen) atoms. The minimum absolute atomic E-state index is 0.188. The number of halogens is 1. The molecule has 0 N–H and O–H groups in total. The number of hydrogen-bond donors (Lipinski definition) is 0. The lowest BCUT2D eigenvalue weighted by Gasteiger charge is -2.10. The first-order valence-corrected chi connectivity index (χ1v) is 5.49. The lowest BCUT2D eigenvalue weighted by molar-refractivity contribution is 0.101. The van der Waals surface area contributed by atoms with Gasteiger partial charge in [-0.1, -0.05) is 18.9 Å². The van der Waals surface area contributed by atoms with Gasteiger partial charge in [0.1, 0.15) is 5.82 Å². The number of benzene rings is 1. The quantitative estimate of drug-likeness (QED) is 0.674. The number of rotatable bonds is 2. The maximum atomic E-state index is 13.3. The number of carbonyl (C=O) groups is 1. The summed E-state index contributed by atoms with van der Waals surface area (Å²) in [6, 6.07) is 4.97. The molecule has 2 rings (SSSR count). The molecule has 2 heteroatoms. The maximum absolute atomic E-state index is 13.3. The van der Waals surface area contributed by atoms with Crippen molar-refractivity contribution < 1.29 is 9.18 Å². The molecule has 1 aliphatic carbocycles. The topological polar surface area (TPSA) is 17.1 Å². The Morgan fingerprint density at radius 3 is 2.60 bits per heavy atom. The van der Waals surface area contributed by atoms with Crippen LogP contribution in [0, 0.1) is 5.82 Å². The molecule has 1 saturated carbocycles. The molecule has 0 bridgehead atoms. The SMILES string of the molecule is CC(=O)c1cc(C2CCCC2)ccc1F. The monoisotopic (exact) mass is 206 g/mol. The number of carbonyl (C=O) groups excluding carboxylic acids is 1. The summed E-state index contributed by atoms with van der Waals surface area (Å²) in [6.07, 6.45) is 4.83. The average Bonchev–Trinajstić information content (AvgIpc) is 2.71. The lowest BCUT2D eigenvalue weighted by Crippen LogP contribution is -2.00. The third-order valence-corrected chi connectivity index (χ3v) is 3.20. The van der Waals surface area contributed by atoms with Crippen molar-refractivity contribution in [3.8, 4) is 0 Å². The van der Waals surface area contributed by atoms with Crippen LogP contribution in [0.2, 0.25) is 0 Å². The van der Waals surface area contributed by atoms with Crippen LogP contribution in [0.1, 0.15) is 54.4 Å². The minimum atomic E-state index is -0.399. The molecule has 1 fully saturated rings. The van der Waals surface area contributed by atoms with Crippen LogP contribution < -0.4 is 0 Å². The van der Waals surface area contributed by atoms with Crippen molar-refractivity contribution in [2.75, 3.05) is 0 Å². The average molecular weight is 206 g/mol. The van der Waals surface area contributed by atoms with E-state index in [1.165, 1.54) is 38.7 Å². The van der Waals surface area contributed by atoms with Crippen molar-refractivity contribution in [1.29, 1.82) is 0 Å². The summed E-state index contributed by atoms with van der Waals surface area (Å²) in [7, 11) is 0. The molecule has 0 atom stereocenters. The summed E-state index contributed by atoms with van der Waals surface area (Å²) in [5.74, 6) is -0.0553. The molecule has 0 heterocycles. The van der Waals surface area contributed by atoms with E-state index in [4.69, 9.17) is 0 Å². The summed E-state index contributed by atoms with van der Waals surface area (Å²) in [4.78, 5) is 11.2. The third-order valence-electron chi connectivity index (χ3n) is 3.20. The van der Waals surface area contributed by atoms with Gasteiger partial charge in [-0.3, -0.25) is 4.79 Å². The Morgan fingerprint density at radius 2 is 2.00 bits per heavy atom. The smallest absolute Gasteiger partial charge is 0.162 e. The van der Waals surface area contributed by atoms with Crippen molar-refractivity contribution in [1.82, 2.24) is 0 Å². The van der Waals surface area contributed by atoms with Gasteiger partial charge in [0.05, 0.1) is 5.56 Å². The van der Waals surface area contributed by atoms with Crippen LogP contribution in [-0.4, -0.2) is 5.78 Å². The van der Waals surface area contributed by atoms with Gasteiger partial charge < -0.3 is 0 Å². The van der Waals surface area contributed by atoms with Gasteiger partial charge in [0, 0.05) is 0 Å². The van der Waals surface area contributed by atoms with Crippen molar-refractivity contribution >= 4 is 5.78 Å². The van der Waals surface area contributed by atoms with Crippen LogP contribution >= 0.6 is 0 Å². The molecular weight excluding hydrogens is 191 g/mol. The van der Waals surface area contributed by atoms with E-state index in [0.717, 1.165) is 5.56 Å². The van der Waals surface area contributed by atoms with Crippen LogP contribution in [0.3, 0.4) is 0 Å². The molecular formula is C13H15FO. The van der Waals surface area contributed by atoms with Crippen LogP contribution in [-0.2, 0) is 0 Å². The molecule has 1 nitrogen and oxygen atoms in total. The van der Waals surface area contributed by atoms with Crippen molar-refractivity contribution in [2.45, 2.75) is 38.5 Å². The molecule has 0 unspecified atom stereocenters. The summed E-state index contributed by atoms with van der Waals surface area (Å²) >= 11 is 0. The third kappa shape index (κ3) is 2.09. The number of hydrogen-bond acceptors (Lipinski definition) is 1. The summed E-state index contributed by atoms with van der Waals surface area (Å²) in [6.45, 7) is 1.41. The Balaban J connectivity index is 2.33. The van der Waals surface area contributed by atoms with Gasteiger partial charge in [-0.25, -0.2) is 4.39 Å². The zero-order valence-corrected chi connectivity index (χ0v) is 8.92. The molecule has 1 aliphatic rings. The van der Waals surface area contributed by atoms with Crippen LogP contribution in [0.4, 0.5) is 4.39 Å². The molecule has 0 aromatic heterocycles. The highest BCUT2D eigenvalue weighted by Crippen LogP contribution is 2.34. The summed E-state index contributed by atoms with van der Waals surface area (Å²) in [5.41, 5.74) is 1.36. The zero-order valence-electron chi connectivity index (χ0n) is 8.92. The van der Waals surface area contributed by atoms with E-state index >= 15 is 0 Å². The van der Waals surface area contributed by atoms with Gasteiger partial charge >= 0.3 is 0 Å². The molecule has 0 amide bonds. The van der Waals surface area contributed by atoms with Gasteiger partial charge in [-0.05, 0) is 43.4 Å². The maximum Gasteiger partial charge on any atom is 0.162 e. The van der Waals surface area contributed by atoms with Gasteiger partial charge in [0.2, 0.25) is 0 Å². The molecule has 1 aromatic rings. The highest BCUT2D eigenvalue weighted by Gasteiger charge is 2.18. The highest BCUT2D eigenvalue weighted by molar-refractivity contribution is 5.94. The van der Waals surface area contributed by atoms with Crippen molar-refractivity contribution in [2.24, 2.45) is 0 Å². The summed E-state index contributed by atoms with van der Waals surface area (Å²) in [5, 5.41) is 0. The predicted octanol–water partition coefficient (Wildman–Crippen LogP) is 3.69. The second kappa shape index (κ2) is 4.13. The van der Waals surface area contributed by atoms with E-state index in [1.807, 2.05) is 6.07 Å². The fourth-order valence-corrected chi connectivity index (χ4v) is 2.33. The first-order valence-electron chi connectivity index (χ1n) is 5.49. The van der Waals surface area contributed by atoms with Crippen molar-refractivity contribution in [3.63, 3.8) is 0 Å². The molecule has 0 aliphatic heterocycles. The van der Waals surface area contributed by atoms with Crippen molar-refractivity contribution in [3.05, 3.63) is 35.1 Å². The van der Waals surface area contributed by atoms with Crippen LogP contribution in [0.5, 0.6) is 0 Å².